The maximum Gasteiger partial charge on any atom is 0.434 e. The van der Waals surface area contributed by atoms with Gasteiger partial charge in [0.2, 0.25) is 11.9 Å². The molecule has 53 heavy (non-hydrogen) atoms. The van der Waals surface area contributed by atoms with E-state index in [1.54, 1.807) is 29.4 Å². The number of benzene rings is 1. The van der Waals surface area contributed by atoms with Gasteiger partial charge in [0.25, 0.3) is 5.91 Å². The lowest BCUT2D eigenvalue weighted by atomic mass is 9.78. The first kappa shape index (κ1) is 35.5. The number of anilines is 3. The average molecular weight is 738 g/mol. The van der Waals surface area contributed by atoms with Crippen LogP contribution >= 0.6 is 0 Å². The Labute approximate surface area is 304 Å². The standard InChI is InChI=1S/C38H43F4N7O4/c1-21-14-22-16-23(15-21)37(19-22,34(51)52)47-33(50)27-20-45-36(46-32(27)38(40,41)42)49-29-7-4-2-3-6-25(29)26-17-31(28(39)18-30(26)49)53-24-8-12-48(13-9-24)35-43-10-5-11-44-35/h5,10-11,17-18,20-25,29H,2-4,6-9,12-16,19H2,1H3,(H,47,50)(H,51,52). The third kappa shape index (κ3) is 6.53. The molecule has 11 nitrogen and oxygen atoms in total. The molecule has 5 aliphatic rings. The van der Waals surface area contributed by atoms with E-state index in [4.69, 9.17) is 4.74 Å². The lowest BCUT2D eigenvalue weighted by Gasteiger charge is -2.33. The Bertz CT molecular complexity index is 1870. The smallest absolute Gasteiger partial charge is 0.434 e. The Kier molecular flexibility index (Phi) is 9.16. The van der Waals surface area contributed by atoms with Gasteiger partial charge in [-0.1, -0.05) is 26.2 Å². The van der Waals surface area contributed by atoms with Crippen LogP contribution in [-0.4, -0.2) is 67.7 Å². The van der Waals surface area contributed by atoms with Crippen molar-refractivity contribution in [3.63, 3.8) is 0 Å². The number of aliphatic carboxylic acids is 1. The molecule has 2 aliphatic heterocycles. The van der Waals surface area contributed by atoms with Crippen LogP contribution in [0.25, 0.3) is 0 Å². The predicted octanol–water partition coefficient (Wildman–Crippen LogP) is 7.05. The zero-order valence-corrected chi connectivity index (χ0v) is 29.5. The number of ether oxygens (including phenoxy) is 1. The van der Waals surface area contributed by atoms with Gasteiger partial charge < -0.3 is 25.0 Å². The van der Waals surface area contributed by atoms with E-state index in [0.717, 1.165) is 43.9 Å². The van der Waals surface area contributed by atoms with E-state index in [1.807, 2.05) is 6.92 Å². The van der Waals surface area contributed by atoms with Crippen LogP contribution in [0.15, 0.2) is 36.8 Å². The van der Waals surface area contributed by atoms with E-state index in [2.05, 4.69) is 30.2 Å². The highest BCUT2D eigenvalue weighted by atomic mass is 19.4. The Balaban J connectivity index is 1.09. The zero-order chi connectivity index (χ0) is 37.1. The molecule has 2 N–H and O–H groups in total. The molecule has 4 fully saturated rings. The zero-order valence-electron chi connectivity index (χ0n) is 29.5. The number of carboxylic acid groups (broad SMARTS) is 1. The van der Waals surface area contributed by atoms with Crippen molar-refractivity contribution in [2.75, 3.05) is 22.9 Å². The number of nitrogens with zero attached hydrogens (tertiary/aromatic N) is 6. The third-order valence-electron chi connectivity index (χ3n) is 12.2. The number of hydrogen-bond acceptors (Lipinski definition) is 9. The Morgan fingerprint density at radius 1 is 0.981 bits per heavy atom. The molecule has 1 saturated heterocycles. The first-order chi connectivity index (χ1) is 25.4. The minimum Gasteiger partial charge on any atom is -0.487 e. The molecule has 8 rings (SSSR count). The first-order valence-electron chi connectivity index (χ1n) is 18.7. The maximum absolute atomic E-state index is 15.9. The lowest BCUT2D eigenvalue weighted by molar-refractivity contribution is -0.146. The normalized spacial score (nSPS) is 28.6. The van der Waals surface area contributed by atoms with Gasteiger partial charge in [-0.25, -0.2) is 29.1 Å². The Hall–Kier alpha value is -4.56. The van der Waals surface area contributed by atoms with Gasteiger partial charge in [-0.2, -0.15) is 13.2 Å². The summed E-state index contributed by atoms with van der Waals surface area (Å²) in [5.41, 5.74) is -2.81. The third-order valence-corrected chi connectivity index (χ3v) is 12.2. The summed E-state index contributed by atoms with van der Waals surface area (Å²) in [6.07, 6.45) is 6.37. The summed E-state index contributed by atoms with van der Waals surface area (Å²) in [5.74, 6) is -2.79. The van der Waals surface area contributed by atoms with Crippen molar-refractivity contribution in [2.24, 2.45) is 17.8 Å². The van der Waals surface area contributed by atoms with Crippen molar-refractivity contribution < 1.29 is 37.0 Å². The molecule has 2 bridgehead atoms. The van der Waals surface area contributed by atoms with Gasteiger partial charge in [0.1, 0.15) is 11.6 Å². The van der Waals surface area contributed by atoms with Gasteiger partial charge in [-0.3, -0.25) is 4.79 Å². The molecular formula is C38H43F4N7O4. The number of amides is 1. The van der Waals surface area contributed by atoms with Crippen molar-refractivity contribution in [2.45, 2.75) is 107 Å². The number of halogens is 4. The van der Waals surface area contributed by atoms with Crippen LogP contribution in [0.3, 0.4) is 0 Å². The number of piperidine rings is 1. The van der Waals surface area contributed by atoms with Gasteiger partial charge in [0.15, 0.2) is 17.3 Å². The minimum atomic E-state index is -5.06. The molecule has 3 saturated carbocycles. The number of fused-ring (bicyclic) bond motifs is 5. The van der Waals surface area contributed by atoms with E-state index in [1.165, 1.54) is 6.07 Å². The molecule has 4 heterocycles. The molecule has 6 unspecified atom stereocenters. The fourth-order valence-corrected chi connectivity index (χ4v) is 9.90. The molecule has 6 atom stereocenters. The molecule has 3 aliphatic carbocycles. The van der Waals surface area contributed by atoms with Gasteiger partial charge in [0.05, 0.1) is 11.3 Å². The average Bonchev–Trinajstić information content (AvgIpc) is 3.42. The number of rotatable bonds is 7. The van der Waals surface area contributed by atoms with Crippen LogP contribution in [0.4, 0.5) is 35.1 Å². The number of carbonyl (C=O) groups is 2. The van der Waals surface area contributed by atoms with Crippen molar-refractivity contribution in [1.82, 2.24) is 25.3 Å². The van der Waals surface area contributed by atoms with Gasteiger partial charge >= 0.3 is 12.1 Å². The number of hydrogen-bond donors (Lipinski definition) is 2. The van der Waals surface area contributed by atoms with Crippen molar-refractivity contribution in [3.05, 3.63) is 59.4 Å². The maximum atomic E-state index is 15.9. The number of carbonyl (C=O) groups excluding carboxylic acids is 1. The SMILES string of the molecule is CC1CC2CC(C1)C(NC(=O)c1cnc(N3c4cc(F)c(OC5CCN(c6ncccn6)CC5)cc4C4CCCCCC43)nc1C(F)(F)F)(C(=O)O)C2. The highest BCUT2D eigenvalue weighted by molar-refractivity contribution is 5.99. The van der Waals surface area contributed by atoms with Crippen molar-refractivity contribution in [1.29, 1.82) is 0 Å². The van der Waals surface area contributed by atoms with E-state index in [-0.39, 0.29) is 53.9 Å². The second kappa shape index (κ2) is 13.7. The summed E-state index contributed by atoms with van der Waals surface area (Å²) in [5, 5.41) is 12.8. The minimum absolute atomic E-state index is 0.0673. The molecule has 15 heteroatoms. The molecule has 3 aromatic rings. The molecule has 1 aromatic carbocycles. The predicted molar refractivity (Wildman–Crippen MR) is 186 cm³/mol. The summed E-state index contributed by atoms with van der Waals surface area (Å²) in [6, 6.07) is 4.42. The Morgan fingerprint density at radius 2 is 1.74 bits per heavy atom. The monoisotopic (exact) mass is 737 g/mol. The number of alkyl halides is 3. The highest BCUT2D eigenvalue weighted by Gasteiger charge is 2.57. The van der Waals surface area contributed by atoms with Crippen LogP contribution in [0.1, 0.15) is 105 Å². The molecule has 1 amide bonds. The van der Waals surface area contributed by atoms with Gasteiger partial charge in [-0.15, -0.1) is 0 Å². The van der Waals surface area contributed by atoms with E-state index < -0.39 is 40.7 Å². The van der Waals surface area contributed by atoms with Crippen LogP contribution < -0.4 is 19.9 Å². The summed E-state index contributed by atoms with van der Waals surface area (Å²) in [6.45, 7) is 3.31. The van der Waals surface area contributed by atoms with Crippen molar-refractivity contribution in [3.8, 4) is 5.75 Å². The quantitative estimate of drug-likeness (QED) is 0.243. The number of aromatic nitrogens is 4. The fraction of sp³-hybridized carbons (Fsp3) is 0.579. The highest BCUT2D eigenvalue weighted by Crippen LogP contribution is 2.53. The van der Waals surface area contributed by atoms with Crippen LogP contribution in [0, 0.1) is 23.6 Å². The molecule has 0 spiro atoms. The van der Waals surface area contributed by atoms with E-state index >= 15 is 4.39 Å². The molecule has 2 aromatic heterocycles. The van der Waals surface area contributed by atoms with Crippen LogP contribution in [0.5, 0.6) is 5.75 Å². The van der Waals surface area contributed by atoms with E-state index in [0.29, 0.717) is 56.8 Å². The summed E-state index contributed by atoms with van der Waals surface area (Å²) >= 11 is 0. The van der Waals surface area contributed by atoms with E-state index in [9.17, 15) is 27.9 Å². The number of carboxylic acids is 1. The summed E-state index contributed by atoms with van der Waals surface area (Å²) in [4.78, 5) is 46.9. The van der Waals surface area contributed by atoms with Crippen LogP contribution in [-0.2, 0) is 11.0 Å². The Morgan fingerprint density at radius 3 is 2.47 bits per heavy atom. The topological polar surface area (TPSA) is 134 Å². The lowest BCUT2D eigenvalue weighted by Crippen LogP contribution is -2.57. The van der Waals surface area contributed by atoms with Gasteiger partial charge in [-0.05, 0) is 74.0 Å². The molecule has 0 radical (unpaired) electrons. The molecule has 282 valence electrons. The van der Waals surface area contributed by atoms with Gasteiger partial charge in [0, 0.05) is 62.5 Å². The van der Waals surface area contributed by atoms with Crippen molar-refractivity contribution >= 4 is 29.5 Å². The number of nitrogens with one attached hydrogen (secondary N) is 1. The first-order valence-corrected chi connectivity index (χ1v) is 18.7. The summed E-state index contributed by atoms with van der Waals surface area (Å²) < 4.78 is 66.5. The fourth-order valence-electron chi connectivity index (χ4n) is 9.90. The second-order valence-corrected chi connectivity index (χ2v) is 15.6. The van der Waals surface area contributed by atoms with Crippen LogP contribution in [0.2, 0.25) is 0 Å². The molecular weight excluding hydrogens is 694 g/mol. The largest absolute Gasteiger partial charge is 0.487 e. The second-order valence-electron chi connectivity index (χ2n) is 15.6. The summed E-state index contributed by atoms with van der Waals surface area (Å²) in [7, 11) is 0.